The van der Waals surface area contributed by atoms with Crippen molar-refractivity contribution < 1.29 is 14.2 Å². The zero-order valence-electron chi connectivity index (χ0n) is 16.5. The lowest BCUT2D eigenvalue weighted by Gasteiger charge is -2.16. The zero-order chi connectivity index (χ0) is 18.9. The second-order valence-corrected chi connectivity index (χ2v) is 7.23. The third-order valence-electron chi connectivity index (χ3n) is 3.67. The van der Waals surface area contributed by atoms with Gasteiger partial charge in [-0.05, 0) is 47.2 Å². The van der Waals surface area contributed by atoms with Gasteiger partial charge >= 0.3 is 0 Å². The van der Waals surface area contributed by atoms with Gasteiger partial charge in [0.1, 0.15) is 5.75 Å². The molecule has 0 fully saturated rings. The van der Waals surface area contributed by atoms with Crippen molar-refractivity contribution in [2.24, 2.45) is 11.8 Å². The third-order valence-corrected chi connectivity index (χ3v) is 3.67. The number of benzene rings is 2. The fraction of sp³-hybridized carbons (Fsp3) is 0.391. The van der Waals surface area contributed by atoms with Crippen molar-refractivity contribution in [2.75, 3.05) is 20.3 Å². The Morgan fingerprint density at radius 2 is 1.38 bits per heavy atom. The van der Waals surface area contributed by atoms with Crippen molar-refractivity contribution in [3.05, 3.63) is 53.6 Å². The topological polar surface area (TPSA) is 27.7 Å². The second kappa shape index (κ2) is 9.91. The van der Waals surface area contributed by atoms with Gasteiger partial charge in [0.2, 0.25) is 0 Å². The highest BCUT2D eigenvalue weighted by molar-refractivity contribution is 5.71. The van der Waals surface area contributed by atoms with Crippen LogP contribution in [0, 0.1) is 11.8 Å². The van der Waals surface area contributed by atoms with E-state index in [0.29, 0.717) is 25.0 Å². The van der Waals surface area contributed by atoms with Crippen molar-refractivity contribution in [1.29, 1.82) is 0 Å². The summed E-state index contributed by atoms with van der Waals surface area (Å²) in [6.45, 7) is 9.90. The van der Waals surface area contributed by atoms with Crippen LogP contribution in [0.1, 0.15) is 38.8 Å². The molecule has 0 spiro atoms. The van der Waals surface area contributed by atoms with E-state index in [1.54, 1.807) is 7.11 Å². The Morgan fingerprint density at radius 1 is 0.769 bits per heavy atom. The fourth-order valence-corrected chi connectivity index (χ4v) is 2.31. The van der Waals surface area contributed by atoms with Crippen LogP contribution >= 0.6 is 0 Å². The van der Waals surface area contributed by atoms with Crippen LogP contribution < -0.4 is 14.2 Å². The Kier molecular flexibility index (Phi) is 7.58. The molecule has 0 bridgehead atoms. The lowest BCUT2D eigenvalue weighted by molar-refractivity contribution is 0.229. The molecule has 3 nitrogen and oxygen atoms in total. The number of methoxy groups -OCH3 is 1. The Balaban J connectivity index is 2.19. The van der Waals surface area contributed by atoms with Gasteiger partial charge in [-0.1, -0.05) is 58.0 Å². The van der Waals surface area contributed by atoms with E-state index in [1.807, 2.05) is 30.3 Å². The molecule has 2 aromatic rings. The van der Waals surface area contributed by atoms with Crippen LogP contribution in [-0.4, -0.2) is 20.3 Å². The molecule has 0 N–H and O–H groups in total. The predicted octanol–water partition coefficient (Wildman–Crippen LogP) is 5.94. The maximum atomic E-state index is 5.98. The van der Waals surface area contributed by atoms with Crippen molar-refractivity contribution in [2.45, 2.75) is 27.7 Å². The molecule has 140 valence electrons. The Bertz CT molecular complexity index is 717. The Hall–Kier alpha value is -2.42. The monoisotopic (exact) mass is 354 g/mol. The van der Waals surface area contributed by atoms with Crippen LogP contribution in [0.5, 0.6) is 17.2 Å². The van der Waals surface area contributed by atoms with Gasteiger partial charge in [-0.15, -0.1) is 0 Å². The van der Waals surface area contributed by atoms with Crippen LogP contribution in [0.4, 0.5) is 0 Å². The summed E-state index contributed by atoms with van der Waals surface area (Å²) in [4.78, 5) is 0. The zero-order valence-corrected chi connectivity index (χ0v) is 16.5. The molecule has 0 aliphatic rings. The van der Waals surface area contributed by atoms with Gasteiger partial charge < -0.3 is 14.2 Å². The number of hydrogen-bond donors (Lipinski definition) is 0. The highest BCUT2D eigenvalue weighted by Crippen LogP contribution is 2.30. The molecular formula is C23H30O3. The predicted molar refractivity (Wildman–Crippen MR) is 109 cm³/mol. The lowest BCUT2D eigenvalue weighted by Crippen LogP contribution is -2.09. The molecule has 2 rings (SSSR count). The molecule has 0 atom stereocenters. The van der Waals surface area contributed by atoms with Crippen molar-refractivity contribution >= 4 is 12.2 Å². The van der Waals surface area contributed by atoms with Gasteiger partial charge in [0.05, 0.1) is 20.3 Å². The van der Waals surface area contributed by atoms with Gasteiger partial charge in [-0.2, -0.15) is 0 Å². The average molecular weight is 354 g/mol. The van der Waals surface area contributed by atoms with Gasteiger partial charge in [0, 0.05) is 0 Å². The molecule has 0 aliphatic carbocycles. The van der Waals surface area contributed by atoms with E-state index in [-0.39, 0.29) is 0 Å². The van der Waals surface area contributed by atoms with Crippen molar-refractivity contribution in [3.8, 4) is 17.2 Å². The first-order chi connectivity index (χ1) is 12.5. The van der Waals surface area contributed by atoms with Crippen LogP contribution in [0.2, 0.25) is 0 Å². The van der Waals surface area contributed by atoms with E-state index in [2.05, 4.69) is 52.0 Å². The Morgan fingerprint density at radius 3 is 2.00 bits per heavy atom. The lowest BCUT2D eigenvalue weighted by atomic mass is 10.1. The molecule has 0 saturated heterocycles. The molecule has 26 heavy (non-hydrogen) atoms. The smallest absolute Gasteiger partial charge is 0.161 e. The number of ether oxygens (including phenoxy) is 3. The molecule has 0 unspecified atom stereocenters. The van der Waals surface area contributed by atoms with Gasteiger partial charge in [-0.3, -0.25) is 0 Å². The maximum Gasteiger partial charge on any atom is 0.161 e. The quantitative estimate of drug-likeness (QED) is 0.522. The van der Waals surface area contributed by atoms with Gasteiger partial charge in [-0.25, -0.2) is 0 Å². The number of rotatable bonds is 9. The summed E-state index contributed by atoms with van der Waals surface area (Å²) >= 11 is 0. The standard InChI is InChI=1S/C23H30O3/c1-17(2)15-25-22-12-11-20(14-23(22)26-16-18(3)4)10-9-19-7-6-8-21(13-19)24-5/h6-14,17-18H,15-16H2,1-5H3. The molecule has 2 aromatic carbocycles. The maximum absolute atomic E-state index is 5.98. The van der Waals surface area contributed by atoms with Crippen LogP contribution in [-0.2, 0) is 0 Å². The summed E-state index contributed by atoms with van der Waals surface area (Å²) in [6.07, 6.45) is 4.14. The molecule has 0 amide bonds. The summed E-state index contributed by atoms with van der Waals surface area (Å²) < 4.78 is 17.2. The highest BCUT2D eigenvalue weighted by Gasteiger charge is 2.08. The van der Waals surface area contributed by atoms with E-state index in [9.17, 15) is 0 Å². The van der Waals surface area contributed by atoms with E-state index in [0.717, 1.165) is 28.4 Å². The number of hydrogen-bond acceptors (Lipinski definition) is 3. The summed E-state index contributed by atoms with van der Waals surface area (Å²) in [7, 11) is 1.68. The largest absolute Gasteiger partial charge is 0.497 e. The minimum absolute atomic E-state index is 0.462. The molecule has 0 saturated carbocycles. The van der Waals surface area contributed by atoms with Gasteiger partial charge in [0.25, 0.3) is 0 Å². The normalized spacial score (nSPS) is 11.3. The Labute approximate surface area is 157 Å². The van der Waals surface area contributed by atoms with Crippen molar-refractivity contribution in [3.63, 3.8) is 0 Å². The molecular weight excluding hydrogens is 324 g/mol. The SMILES string of the molecule is COc1cccc(C=Cc2ccc(OCC(C)C)c(OCC(C)C)c2)c1. The van der Waals surface area contributed by atoms with Crippen LogP contribution in [0.25, 0.3) is 12.2 Å². The summed E-state index contributed by atoms with van der Waals surface area (Å²) in [5, 5.41) is 0. The summed E-state index contributed by atoms with van der Waals surface area (Å²) in [6, 6.07) is 14.1. The van der Waals surface area contributed by atoms with E-state index >= 15 is 0 Å². The summed E-state index contributed by atoms with van der Waals surface area (Å²) in [5.74, 6) is 3.39. The second-order valence-electron chi connectivity index (χ2n) is 7.23. The van der Waals surface area contributed by atoms with E-state index in [1.165, 1.54) is 0 Å². The first kappa shape index (κ1) is 19.9. The average Bonchev–Trinajstić information content (AvgIpc) is 2.63. The third kappa shape index (κ3) is 6.47. The van der Waals surface area contributed by atoms with E-state index < -0.39 is 0 Å². The molecule has 0 heterocycles. The minimum atomic E-state index is 0.462. The van der Waals surface area contributed by atoms with Crippen molar-refractivity contribution in [1.82, 2.24) is 0 Å². The molecule has 3 heteroatoms. The molecule has 0 aliphatic heterocycles. The summed E-state index contributed by atoms with van der Waals surface area (Å²) in [5.41, 5.74) is 2.16. The first-order valence-electron chi connectivity index (χ1n) is 9.19. The highest BCUT2D eigenvalue weighted by atomic mass is 16.5. The van der Waals surface area contributed by atoms with E-state index in [4.69, 9.17) is 14.2 Å². The minimum Gasteiger partial charge on any atom is -0.497 e. The molecule has 0 radical (unpaired) electrons. The van der Waals surface area contributed by atoms with Crippen LogP contribution in [0.15, 0.2) is 42.5 Å². The van der Waals surface area contributed by atoms with Crippen LogP contribution in [0.3, 0.4) is 0 Å². The van der Waals surface area contributed by atoms with Gasteiger partial charge in [0.15, 0.2) is 11.5 Å². The fourth-order valence-electron chi connectivity index (χ4n) is 2.31. The first-order valence-corrected chi connectivity index (χ1v) is 9.19. The molecule has 0 aromatic heterocycles.